The molecule has 9 nitrogen and oxygen atoms in total. The molecule has 1 amide bonds. The van der Waals surface area contributed by atoms with Crippen molar-refractivity contribution in [3.63, 3.8) is 0 Å². The fraction of sp³-hybridized carbons (Fsp3) is 0.360. The van der Waals surface area contributed by atoms with Gasteiger partial charge in [-0.05, 0) is 37.7 Å². The first-order chi connectivity index (χ1) is 18.1. The van der Waals surface area contributed by atoms with Crippen LogP contribution in [-0.4, -0.2) is 57.9 Å². The fourth-order valence-corrected chi connectivity index (χ4v) is 4.20. The molecule has 13 heteroatoms. The van der Waals surface area contributed by atoms with E-state index in [1.54, 1.807) is 18.9 Å². The molecule has 1 aliphatic heterocycles. The normalized spacial score (nSPS) is 18.1. The third-order valence-corrected chi connectivity index (χ3v) is 6.35. The fourth-order valence-electron chi connectivity index (χ4n) is 4.20. The molecule has 0 bridgehead atoms. The van der Waals surface area contributed by atoms with Crippen molar-refractivity contribution < 1.29 is 27.1 Å². The molecule has 1 aromatic carbocycles. The number of alkyl halides is 2. The Hall–Kier alpha value is -3.84. The molecule has 4 rings (SSSR count). The first-order valence-electron chi connectivity index (χ1n) is 11.8. The molecule has 1 saturated heterocycles. The molecular weight excluding hydrogens is 508 g/mol. The van der Waals surface area contributed by atoms with Gasteiger partial charge in [0.15, 0.2) is 17.4 Å². The van der Waals surface area contributed by atoms with Crippen molar-refractivity contribution in [2.24, 2.45) is 0 Å². The van der Waals surface area contributed by atoms with E-state index in [1.807, 2.05) is 0 Å². The predicted octanol–water partition coefficient (Wildman–Crippen LogP) is 3.41. The molecule has 0 radical (unpaired) electrons. The highest BCUT2D eigenvalue weighted by Crippen LogP contribution is 2.40. The summed E-state index contributed by atoms with van der Waals surface area (Å²) in [6.45, 7) is 1.71. The van der Waals surface area contributed by atoms with Gasteiger partial charge in [0.1, 0.15) is 5.82 Å². The number of carbonyl (C=O) groups excluding carboxylic acids is 1. The van der Waals surface area contributed by atoms with Gasteiger partial charge >= 0.3 is 0 Å². The van der Waals surface area contributed by atoms with E-state index >= 15 is 0 Å². The summed E-state index contributed by atoms with van der Waals surface area (Å²) in [7, 11) is 1.65. The topological polar surface area (TPSA) is 112 Å². The van der Waals surface area contributed by atoms with Crippen LogP contribution in [0.2, 0.25) is 0 Å². The molecule has 1 fully saturated rings. The highest BCUT2D eigenvalue weighted by atomic mass is 19.3. The second-order valence-corrected chi connectivity index (χ2v) is 8.96. The van der Waals surface area contributed by atoms with E-state index < -0.39 is 41.8 Å². The Labute approximate surface area is 215 Å². The van der Waals surface area contributed by atoms with E-state index in [2.05, 4.69) is 25.6 Å². The number of nitrogens with zero attached hydrogens (tertiary/aromatic N) is 3. The number of pyridine rings is 1. The molecule has 38 heavy (non-hydrogen) atoms. The minimum atomic E-state index is -3.02. The van der Waals surface area contributed by atoms with Crippen molar-refractivity contribution in [1.29, 1.82) is 0 Å². The maximum atomic E-state index is 14.9. The summed E-state index contributed by atoms with van der Waals surface area (Å²) in [5.74, 6) is -6.65. The number of likely N-dealkylation sites (tertiary alicyclic amines) is 1. The highest BCUT2D eigenvalue weighted by molar-refractivity contribution is 5.93. The quantitative estimate of drug-likeness (QED) is 0.380. The number of ether oxygens (including phenoxy) is 1. The standard InChI is InChI=1S/C25H26F4N6O3/c1-14(23(36)34-21-11-32-22(12-31-21)38-20-4-3-17(26)8-19(20)27)35-6-5-25(28,29)18(13-35)15-7-16(9-30-2)24(37)33-10-15/h3-4,7-8,10-12,14,18,30H,5-6,9,13H2,1-2H3,(H,33,37)(H,31,34,36)/t14-,18+/m0/s1. The van der Waals surface area contributed by atoms with Gasteiger partial charge < -0.3 is 20.4 Å². The summed E-state index contributed by atoms with van der Waals surface area (Å²) in [6, 6.07) is 3.49. The van der Waals surface area contributed by atoms with E-state index in [4.69, 9.17) is 4.74 Å². The van der Waals surface area contributed by atoms with E-state index in [9.17, 15) is 27.2 Å². The number of benzene rings is 1. The second-order valence-electron chi connectivity index (χ2n) is 8.96. The zero-order chi connectivity index (χ0) is 27.4. The van der Waals surface area contributed by atoms with Gasteiger partial charge in [-0.25, -0.2) is 27.5 Å². The first-order valence-corrected chi connectivity index (χ1v) is 11.8. The predicted molar refractivity (Wildman–Crippen MR) is 130 cm³/mol. The number of amides is 1. The molecule has 3 aromatic rings. The lowest BCUT2D eigenvalue weighted by Gasteiger charge is -2.40. The van der Waals surface area contributed by atoms with Crippen LogP contribution < -0.4 is 20.9 Å². The molecular formula is C25H26F4N6O3. The molecule has 2 aromatic heterocycles. The maximum absolute atomic E-state index is 14.9. The Kier molecular flexibility index (Phi) is 8.07. The van der Waals surface area contributed by atoms with Crippen molar-refractivity contribution in [1.82, 2.24) is 25.2 Å². The van der Waals surface area contributed by atoms with Crippen molar-refractivity contribution in [3.8, 4) is 11.6 Å². The third kappa shape index (κ3) is 6.17. The van der Waals surface area contributed by atoms with Crippen LogP contribution >= 0.6 is 0 Å². The van der Waals surface area contributed by atoms with Gasteiger partial charge in [-0.3, -0.25) is 14.5 Å². The van der Waals surface area contributed by atoms with E-state index in [0.717, 1.165) is 18.3 Å². The molecule has 0 aliphatic carbocycles. The lowest BCUT2D eigenvalue weighted by molar-refractivity contribution is -0.125. The van der Waals surface area contributed by atoms with Crippen LogP contribution in [0.15, 0.2) is 47.7 Å². The number of hydrogen-bond acceptors (Lipinski definition) is 7. The number of H-pyrrole nitrogens is 1. The van der Waals surface area contributed by atoms with Crippen LogP contribution in [0, 0.1) is 11.6 Å². The first kappa shape index (κ1) is 27.2. The minimum Gasteiger partial charge on any atom is -0.434 e. The maximum Gasteiger partial charge on any atom is 0.257 e. The van der Waals surface area contributed by atoms with Gasteiger partial charge in [0, 0.05) is 43.9 Å². The Morgan fingerprint density at radius 3 is 2.74 bits per heavy atom. The lowest BCUT2D eigenvalue weighted by Crippen LogP contribution is -2.52. The van der Waals surface area contributed by atoms with Gasteiger partial charge in [0.05, 0.1) is 24.4 Å². The number of hydrogen-bond donors (Lipinski definition) is 3. The zero-order valence-electron chi connectivity index (χ0n) is 20.6. The van der Waals surface area contributed by atoms with E-state index in [0.29, 0.717) is 11.6 Å². The lowest BCUT2D eigenvalue weighted by atomic mass is 9.86. The molecule has 3 N–H and O–H groups in total. The number of halogens is 4. The second kappa shape index (κ2) is 11.3. The van der Waals surface area contributed by atoms with Crippen molar-refractivity contribution >= 4 is 11.7 Å². The number of piperidine rings is 1. The SMILES string of the molecule is CNCc1cc([C@H]2CN([C@@H](C)C(=O)Nc3cnc(Oc4ccc(F)cc4F)cn3)CCC2(F)F)c[nH]c1=O. The summed E-state index contributed by atoms with van der Waals surface area (Å²) < 4.78 is 61.8. The summed E-state index contributed by atoms with van der Waals surface area (Å²) in [5.41, 5.74) is 0.278. The Balaban J connectivity index is 1.41. The van der Waals surface area contributed by atoms with Crippen LogP contribution in [0.3, 0.4) is 0 Å². The summed E-state index contributed by atoms with van der Waals surface area (Å²) in [6.07, 6.45) is 3.19. The highest BCUT2D eigenvalue weighted by Gasteiger charge is 2.46. The van der Waals surface area contributed by atoms with Crippen molar-refractivity contribution in [2.75, 3.05) is 25.5 Å². The van der Waals surface area contributed by atoms with E-state index in [1.165, 1.54) is 18.5 Å². The zero-order valence-corrected chi connectivity index (χ0v) is 20.6. The largest absolute Gasteiger partial charge is 0.434 e. The summed E-state index contributed by atoms with van der Waals surface area (Å²) in [4.78, 5) is 37.0. The van der Waals surface area contributed by atoms with E-state index in [-0.39, 0.29) is 48.2 Å². The smallest absolute Gasteiger partial charge is 0.257 e. The molecule has 1 aliphatic rings. The average Bonchev–Trinajstić information content (AvgIpc) is 2.88. The Bertz CT molecular complexity index is 1350. The number of aromatic nitrogens is 3. The number of aromatic amines is 1. The van der Waals surface area contributed by atoms with Crippen LogP contribution in [0.25, 0.3) is 0 Å². The van der Waals surface area contributed by atoms with Crippen molar-refractivity contribution in [3.05, 3.63) is 76.0 Å². The number of carbonyl (C=O) groups is 1. The Morgan fingerprint density at radius 1 is 1.26 bits per heavy atom. The summed E-state index contributed by atoms with van der Waals surface area (Å²) >= 11 is 0. The van der Waals surface area contributed by atoms with Crippen LogP contribution in [0.4, 0.5) is 23.4 Å². The van der Waals surface area contributed by atoms with Gasteiger partial charge in [0.25, 0.3) is 11.5 Å². The molecule has 0 saturated carbocycles. The number of anilines is 1. The minimum absolute atomic E-state index is 0.00744. The third-order valence-electron chi connectivity index (χ3n) is 6.35. The van der Waals surface area contributed by atoms with Crippen LogP contribution in [-0.2, 0) is 11.3 Å². The average molecular weight is 535 g/mol. The molecule has 202 valence electrons. The van der Waals surface area contributed by atoms with Gasteiger partial charge in [0.2, 0.25) is 11.8 Å². The molecule has 0 unspecified atom stereocenters. The number of nitrogens with one attached hydrogen (secondary N) is 3. The summed E-state index contributed by atoms with van der Waals surface area (Å²) in [5, 5.41) is 5.42. The molecule has 3 heterocycles. The molecule has 0 spiro atoms. The van der Waals surface area contributed by atoms with Gasteiger partial charge in [-0.2, -0.15) is 0 Å². The van der Waals surface area contributed by atoms with Gasteiger partial charge in [-0.15, -0.1) is 0 Å². The molecule has 2 atom stereocenters. The van der Waals surface area contributed by atoms with Crippen molar-refractivity contribution in [2.45, 2.75) is 37.8 Å². The van der Waals surface area contributed by atoms with Crippen LogP contribution in [0.1, 0.15) is 30.4 Å². The number of rotatable bonds is 8. The van der Waals surface area contributed by atoms with Gasteiger partial charge in [-0.1, -0.05) is 0 Å². The monoisotopic (exact) mass is 534 g/mol. The Morgan fingerprint density at radius 2 is 2.05 bits per heavy atom. The van der Waals surface area contributed by atoms with Crippen LogP contribution in [0.5, 0.6) is 11.6 Å².